The maximum atomic E-state index is 10.1. The summed E-state index contributed by atoms with van der Waals surface area (Å²) in [5.74, 6) is 0. The van der Waals surface area contributed by atoms with Crippen LogP contribution in [-0.4, -0.2) is 27.0 Å². The van der Waals surface area contributed by atoms with Gasteiger partial charge in [-0.05, 0) is 24.8 Å². The summed E-state index contributed by atoms with van der Waals surface area (Å²) in [6.45, 7) is 0.888. The first-order valence-electron chi connectivity index (χ1n) is 5.71. The van der Waals surface area contributed by atoms with Crippen molar-refractivity contribution < 1.29 is 9.84 Å². The molecule has 0 aliphatic carbocycles. The number of hydrogen-bond acceptors (Lipinski definition) is 2. The van der Waals surface area contributed by atoms with E-state index in [1.165, 1.54) is 12.8 Å². The van der Waals surface area contributed by atoms with Crippen molar-refractivity contribution in [1.82, 2.24) is 0 Å². The highest BCUT2D eigenvalue weighted by molar-refractivity contribution is 6.38. The fourth-order valence-electron chi connectivity index (χ4n) is 2.05. The van der Waals surface area contributed by atoms with Crippen LogP contribution >= 0.6 is 0 Å². The van der Waals surface area contributed by atoms with Crippen molar-refractivity contribution in [3.8, 4) is 0 Å². The van der Waals surface area contributed by atoms with Gasteiger partial charge >= 0.3 is 0 Å². The minimum Gasteiger partial charge on any atom is -0.393 e. The van der Waals surface area contributed by atoms with Crippen molar-refractivity contribution in [2.24, 2.45) is 0 Å². The molecule has 2 unspecified atom stereocenters. The van der Waals surface area contributed by atoms with Gasteiger partial charge in [0.05, 0.1) is 15.2 Å². The first kappa shape index (κ1) is 10.9. The Labute approximate surface area is 93.1 Å². The summed E-state index contributed by atoms with van der Waals surface area (Å²) >= 11 is 0. The Morgan fingerprint density at radius 2 is 2.07 bits per heavy atom. The van der Waals surface area contributed by atoms with Crippen molar-refractivity contribution >= 4 is 9.52 Å². The maximum absolute atomic E-state index is 10.1. The molecule has 1 heterocycles. The molecule has 15 heavy (non-hydrogen) atoms. The Bertz CT molecular complexity index is 283. The van der Waals surface area contributed by atoms with E-state index in [1.807, 2.05) is 30.3 Å². The molecule has 0 spiro atoms. The van der Waals surface area contributed by atoms with Gasteiger partial charge in [0.1, 0.15) is 0 Å². The zero-order valence-corrected chi connectivity index (χ0v) is 10.3. The van der Waals surface area contributed by atoms with Crippen LogP contribution in [0.25, 0.3) is 0 Å². The largest absolute Gasteiger partial charge is 0.393 e. The van der Waals surface area contributed by atoms with E-state index in [0.717, 1.165) is 18.6 Å². The van der Waals surface area contributed by atoms with Crippen LogP contribution in [-0.2, 0) is 4.74 Å². The van der Waals surface area contributed by atoms with E-state index in [9.17, 15) is 5.11 Å². The zero-order chi connectivity index (χ0) is 10.5. The fourth-order valence-corrected chi connectivity index (χ4v) is 3.92. The molecular formula is C12H18O2Si. The molecule has 82 valence electrons. The quantitative estimate of drug-likeness (QED) is 0.783. The topological polar surface area (TPSA) is 29.5 Å². The van der Waals surface area contributed by atoms with Gasteiger partial charge in [-0.2, -0.15) is 0 Å². The SMILES string of the molecule is OC([SiH2]C1CCCCO1)c1ccccc1. The van der Waals surface area contributed by atoms with Crippen LogP contribution in [0.3, 0.4) is 0 Å². The molecule has 2 nitrogen and oxygen atoms in total. The van der Waals surface area contributed by atoms with Gasteiger partial charge in [0.25, 0.3) is 0 Å². The molecule has 1 aromatic carbocycles. The van der Waals surface area contributed by atoms with Crippen molar-refractivity contribution in [3.05, 3.63) is 35.9 Å². The molecule has 0 bridgehead atoms. The number of ether oxygens (including phenoxy) is 1. The lowest BCUT2D eigenvalue weighted by molar-refractivity contribution is 0.0605. The first-order valence-corrected chi connectivity index (χ1v) is 7.34. The van der Waals surface area contributed by atoms with Crippen LogP contribution in [0, 0.1) is 0 Å². The predicted octanol–water partition coefficient (Wildman–Crippen LogP) is 1.37. The van der Waals surface area contributed by atoms with Gasteiger partial charge in [-0.3, -0.25) is 0 Å². The molecule has 0 radical (unpaired) electrons. The number of benzene rings is 1. The Kier molecular flexibility index (Phi) is 3.94. The van der Waals surface area contributed by atoms with Crippen LogP contribution in [0.1, 0.15) is 30.6 Å². The molecule has 0 amide bonds. The first-order chi connectivity index (χ1) is 7.36. The lowest BCUT2D eigenvalue weighted by Gasteiger charge is -2.24. The number of aliphatic hydroxyl groups is 1. The van der Waals surface area contributed by atoms with Crippen LogP contribution < -0.4 is 0 Å². The summed E-state index contributed by atoms with van der Waals surface area (Å²) in [7, 11) is -0.575. The molecule has 1 aromatic rings. The van der Waals surface area contributed by atoms with E-state index in [0.29, 0.717) is 5.73 Å². The van der Waals surface area contributed by atoms with Crippen LogP contribution in [0.4, 0.5) is 0 Å². The minimum absolute atomic E-state index is 0.241. The average molecular weight is 222 g/mol. The summed E-state index contributed by atoms with van der Waals surface area (Å²) < 4.78 is 5.67. The highest BCUT2D eigenvalue weighted by Gasteiger charge is 2.19. The third kappa shape index (κ3) is 3.16. The molecule has 1 aliphatic heterocycles. The van der Waals surface area contributed by atoms with Crippen molar-refractivity contribution in [3.63, 3.8) is 0 Å². The maximum Gasteiger partial charge on any atom is 0.0952 e. The monoisotopic (exact) mass is 222 g/mol. The third-order valence-corrected chi connectivity index (χ3v) is 5.03. The molecule has 1 fully saturated rings. The fraction of sp³-hybridized carbons (Fsp3) is 0.500. The van der Waals surface area contributed by atoms with Gasteiger partial charge < -0.3 is 9.84 Å². The van der Waals surface area contributed by atoms with E-state index in [2.05, 4.69) is 0 Å². The lowest BCUT2D eigenvalue weighted by atomic mass is 10.2. The standard InChI is InChI=1S/C12H18O2Si/c13-12(10-6-2-1-3-7-10)15-11-8-4-5-9-14-11/h1-3,6-7,11-13H,4-5,8-9,15H2. The summed E-state index contributed by atoms with van der Waals surface area (Å²) in [5.41, 5.74) is 1.20. The van der Waals surface area contributed by atoms with Gasteiger partial charge in [-0.25, -0.2) is 0 Å². The second kappa shape index (κ2) is 5.44. The number of hydrogen-bond donors (Lipinski definition) is 1. The third-order valence-electron chi connectivity index (χ3n) is 2.94. The van der Waals surface area contributed by atoms with E-state index >= 15 is 0 Å². The minimum atomic E-state index is -0.575. The van der Waals surface area contributed by atoms with Gasteiger partial charge in [0.2, 0.25) is 0 Å². The molecule has 3 heteroatoms. The van der Waals surface area contributed by atoms with E-state index in [4.69, 9.17) is 4.74 Å². The molecule has 0 saturated carbocycles. The van der Waals surface area contributed by atoms with E-state index in [1.54, 1.807) is 0 Å². The Balaban J connectivity index is 1.88. The molecule has 1 N–H and O–H groups in total. The van der Waals surface area contributed by atoms with Crippen LogP contribution in [0.15, 0.2) is 30.3 Å². The van der Waals surface area contributed by atoms with E-state index in [-0.39, 0.29) is 5.73 Å². The van der Waals surface area contributed by atoms with Crippen LogP contribution in [0.5, 0.6) is 0 Å². The summed E-state index contributed by atoms with van der Waals surface area (Å²) in [5, 5.41) is 10.1. The molecule has 2 rings (SSSR count). The lowest BCUT2D eigenvalue weighted by Crippen LogP contribution is -2.29. The van der Waals surface area contributed by atoms with Crippen LogP contribution in [0.2, 0.25) is 0 Å². The second-order valence-electron chi connectivity index (χ2n) is 4.15. The predicted molar refractivity (Wildman–Crippen MR) is 63.5 cm³/mol. The zero-order valence-electron chi connectivity index (χ0n) is 8.93. The Hall–Kier alpha value is -0.643. The van der Waals surface area contributed by atoms with Crippen molar-refractivity contribution in [1.29, 1.82) is 0 Å². The normalized spacial score (nSPS) is 24.5. The number of aliphatic hydroxyl groups excluding tert-OH is 1. The second-order valence-corrected chi connectivity index (χ2v) is 6.31. The molecular weight excluding hydrogens is 204 g/mol. The van der Waals surface area contributed by atoms with Crippen molar-refractivity contribution in [2.45, 2.75) is 30.7 Å². The highest BCUT2D eigenvalue weighted by Crippen LogP contribution is 2.18. The molecule has 2 atom stereocenters. The average Bonchev–Trinajstić information content (AvgIpc) is 2.31. The Morgan fingerprint density at radius 1 is 1.27 bits per heavy atom. The van der Waals surface area contributed by atoms with Gasteiger partial charge in [0.15, 0.2) is 0 Å². The van der Waals surface area contributed by atoms with Crippen molar-refractivity contribution in [2.75, 3.05) is 6.61 Å². The summed E-state index contributed by atoms with van der Waals surface area (Å²) in [4.78, 5) is 0. The summed E-state index contributed by atoms with van der Waals surface area (Å²) in [6, 6.07) is 9.94. The van der Waals surface area contributed by atoms with Gasteiger partial charge in [-0.1, -0.05) is 30.3 Å². The van der Waals surface area contributed by atoms with E-state index < -0.39 is 9.52 Å². The number of rotatable bonds is 3. The summed E-state index contributed by atoms with van der Waals surface area (Å²) in [6.07, 6.45) is 3.60. The van der Waals surface area contributed by atoms with Gasteiger partial charge in [0, 0.05) is 12.3 Å². The molecule has 1 saturated heterocycles. The Morgan fingerprint density at radius 3 is 2.73 bits per heavy atom. The highest BCUT2D eigenvalue weighted by atomic mass is 28.2. The van der Waals surface area contributed by atoms with Gasteiger partial charge in [-0.15, -0.1) is 0 Å². The molecule has 1 aliphatic rings. The molecule has 0 aromatic heterocycles. The smallest absolute Gasteiger partial charge is 0.0952 e.